The first kappa shape index (κ1) is 18.4. The number of hydrogen-bond acceptors (Lipinski definition) is 3. The van der Waals surface area contributed by atoms with Crippen molar-refractivity contribution in [2.75, 3.05) is 38.0 Å². The highest BCUT2D eigenvalue weighted by Gasteiger charge is 2.17. The average Bonchev–Trinajstić information content (AvgIpc) is 2.83. The van der Waals surface area contributed by atoms with E-state index in [9.17, 15) is 4.79 Å². The quantitative estimate of drug-likeness (QED) is 0.711. The van der Waals surface area contributed by atoms with Crippen molar-refractivity contribution >= 4 is 34.2 Å². The normalized spacial score (nSPS) is 16.4. The number of amides is 1. The first-order chi connectivity index (χ1) is 12.2. The minimum Gasteiger partial charge on any atom is -0.324 e. The number of nitrogens with zero attached hydrogens (tertiary/aromatic N) is 2. The van der Waals surface area contributed by atoms with E-state index < -0.39 is 0 Å². The number of benzene rings is 2. The predicted octanol–water partition coefficient (Wildman–Crippen LogP) is 3.44. The molecule has 1 heterocycles. The summed E-state index contributed by atoms with van der Waals surface area (Å²) in [5, 5.41) is 3.03. The number of anilines is 1. The molecule has 1 aliphatic heterocycles. The molecule has 2 aromatic rings. The Kier molecular flexibility index (Phi) is 6.84. The van der Waals surface area contributed by atoms with Crippen molar-refractivity contribution in [3.8, 4) is 0 Å². The summed E-state index contributed by atoms with van der Waals surface area (Å²) in [6.07, 6.45) is 1.10. The first-order valence-electron chi connectivity index (χ1n) is 8.74. The van der Waals surface area contributed by atoms with Crippen LogP contribution in [0.15, 0.2) is 54.6 Å². The molecule has 1 N–H and O–H groups in total. The van der Waals surface area contributed by atoms with Gasteiger partial charge in [0.25, 0.3) is 0 Å². The van der Waals surface area contributed by atoms with Crippen LogP contribution in [-0.2, 0) is 11.3 Å². The van der Waals surface area contributed by atoms with E-state index in [2.05, 4.69) is 68.0 Å². The average molecular weight is 449 g/mol. The molecule has 0 radical (unpaired) electrons. The summed E-state index contributed by atoms with van der Waals surface area (Å²) in [4.78, 5) is 17.1. The van der Waals surface area contributed by atoms with Gasteiger partial charge >= 0.3 is 0 Å². The van der Waals surface area contributed by atoms with Gasteiger partial charge < -0.3 is 5.32 Å². The van der Waals surface area contributed by atoms with Gasteiger partial charge in [0.1, 0.15) is 0 Å². The maximum atomic E-state index is 12.3. The van der Waals surface area contributed by atoms with Gasteiger partial charge in [0.15, 0.2) is 0 Å². The molecule has 0 bridgehead atoms. The van der Waals surface area contributed by atoms with Crippen molar-refractivity contribution in [2.24, 2.45) is 0 Å². The molecule has 0 saturated carbocycles. The molecule has 0 unspecified atom stereocenters. The van der Waals surface area contributed by atoms with E-state index in [0.29, 0.717) is 6.54 Å². The summed E-state index contributed by atoms with van der Waals surface area (Å²) in [6.45, 7) is 5.46. The molecule has 0 atom stereocenters. The van der Waals surface area contributed by atoms with Gasteiger partial charge in [-0.15, -0.1) is 0 Å². The Bertz CT molecular complexity index is 692. The minimum absolute atomic E-state index is 0.0700. The van der Waals surface area contributed by atoms with Gasteiger partial charge in [-0.25, -0.2) is 0 Å². The zero-order chi connectivity index (χ0) is 17.5. The SMILES string of the molecule is O=C(CN1CCCN(Cc2ccccc2)CC1)Nc1ccccc1I. The highest BCUT2D eigenvalue weighted by Crippen LogP contribution is 2.17. The summed E-state index contributed by atoms with van der Waals surface area (Å²) in [5.74, 6) is 0.0700. The van der Waals surface area contributed by atoms with Crippen LogP contribution in [-0.4, -0.2) is 48.4 Å². The van der Waals surface area contributed by atoms with E-state index in [4.69, 9.17) is 0 Å². The molecule has 1 saturated heterocycles. The fourth-order valence-corrected chi connectivity index (χ4v) is 3.66. The lowest BCUT2D eigenvalue weighted by Crippen LogP contribution is -2.36. The Hall–Kier alpha value is -1.44. The highest BCUT2D eigenvalue weighted by molar-refractivity contribution is 14.1. The van der Waals surface area contributed by atoms with Crippen LogP contribution in [0.5, 0.6) is 0 Å². The molecule has 2 aromatic carbocycles. The van der Waals surface area contributed by atoms with Crippen LogP contribution in [0.25, 0.3) is 0 Å². The maximum absolute atomic E-state index is 12.3. The Morgan fingerprint density at radius 1 is 0.920 bits per heavy atom. The molecule has 3 rings (SSSR count). The lowest BCUT2D eigenvalue weighted by Gasteiger charge is -2.21. The molecule has 0 aromatic heterocycles. The Balaban J connectivity index is 1.48. The molecular weight excluding hydrogens is 425 g/mol. The van der Waals surface area contributed by atoms with Crippen molar-refractivity contribution in [3.05, 3.63) is 63.7 Å². The first-order valence-corrected chi connectivity index (χ1v) is 9.81. The molecular formula is C20H24IN3O. The molecule has 1 amide bonds. The molecule has 5 heteroatoms. The number of carbonyl (C=O) groups excluding carboxylic acids is 1. The number of halogens is 1. The molecule has 0 spiro atoms. The van der Waals surface area contributed by atoms with Gasteiger partial charge in [-0.1, -0.05) is 42.5 Å². The summed E-state index contributed by atoms with van der Waals surface area (Å²) in [5.41, 5.74) is 2.25. The van der Waals surface area contributed by atoms with Gasteiger partial charge in [-0.05, 0) is 59.8 Å². The van der Waals surface area contributed by atoms with Gasteiger partial charge in [-0.3, -0.25) is 14.6 Å². The Labute approximate surface area is 163 Å². The lowest BCUT2D eigenvalue weighted by molar-refractivity contribution is -0.117. The van der Waals surface area contributed by atoms with E-state index >= 15 is 0 Å². The van der Waals surface area contributed by atoms with Crippen LogP contribution in [0, 0.1) is 3.57 Å². The zero-order valence-electron chi connectivity index (χ0n) is 14.3. The summed E-state index contributed by atoms with van der Waals surface area (Å²) >= 11 is 2.25. The topological polar surface area (TPSA) is 35.6 Å². The van der Waals surface area contributed by atoms with Crippen molar-refractivity contribution in [1.82, 2.24) is 9.80 Å². The van der Waals surface area contributed by atoms with Gasteiger partial charge in [0.05, 0.1) is 12.2 Å². The van der Waals surface area contributed by atoms with E-state index in [1.54, 1.807) is 0 Å². The smallest absolute Gasteiger partial charge is 0.238 e. The lowest BCUT2D eigenvalue weighted by atomic mass is 10.2. The predicted molar refractivity (Wildman–Crippen MR) is 111 cm³/mol. The maximum Gasteiger partial charge on any atom is 0.238 e. The molecule has 0 aliphatic carbocycles. The molecule has 4 nitrogen and oxygen atoms in total. The second kappa shape index (κ2) is 9.31. The van der Waals surface area contributed by atoms with Crippen LogP contribution in [0.2, 0.25) is 0 Å². The largest absolute Gasteiger partial charge is 0.324 e. The van der Waals surface area contributed by atoms with Crippen molar-refractivity contribution < 1.29 is 4.79 Å². The number of carbonyl (C=O) groups is 1. The highest BCUT2D eigenvalue weighted by atomic mass is 127. The van der Waals surface area contributed by atoms with Crippen LogP contribution >= 0.6 is 22.6 Å². The van der Waals surface area contributed by atoms with Crippen molar-refractivity contribution in [3.63, 3.8) is 0 Å². The van der Waals surface area contributed by atoms with Crippen molar-refractivity contribution in [1.29, 1.82) is 0 Å². The standard InChI is InChI=1S/C20H24IN3O/c21-18-9-4-5-10-19(18)22-20(25)16-24-12-6-11-23(13-14-24)15-17-7-2-1-3-8-17/h1-5,7-10H,6,11-16H2,(H,22,25). The van der Waals surface area contributed by atoms with Gasteiger partial charge in [0, 0.05) is 23.2 Å². The second-order valence-electron chi connectivity index (χ2n) is 6.42. The summed E-state index contributed by atoms with van der Waals surface area (Å²) < 4.78 is 1.07. The molecule has 132 valence electrons. The third-order valence-electron chi connectivity index (χ3n) is 4.45. The second-order valence-corrected chi connectivity index (χ2v) is 7.58. The van der Waals surface area contributed by atoms with Crippen LogP contribution < -0.4 is 5.32 Å². The molecule has 25 heavy (non-hydrogen) atoms. The number of hydrogen-bond donors (Lipinski definition) is 1. The molecule has 1 fully saturated rings. The van der Waals surface area contributed by atoms with E-state index in [-0.39, 0.29) is 5.91 Å². The number of rotatable bonds is 5. The summed E-state index contributed by atoms with van der Waals surface area (Å²) in [6, 6.07) is 18.5. The Morgan fingerprint density at radius 2 is 1.60 bits per heavy atom. The van der Waals surface area contributed by atoms with Crippen LogP contribution in [0.4, 0.5) is 5.69 Å². The fourth-order valence-electron chi connectivity index (χ4n) is 3.14. The van der Waals surface area contributed by atoms with Gasteiger partial charge in [-0.2, -0.15) is 0 Å². The van der Waals surface area contributed by atoms with E-state index in [1.165, 1.54) is 5.56 Å². The monoisotopic (exact) mass is 449 g/mol. The van der Waals surface area contributed by atoms with Crippen LogP contribution in [0.1, 0.15) is 12.0 Å². The van der Waals surface area contributed by atoms with E-state index in [0.717, 1.165) is 48.4 Å². The zero-order valence-corrected chi connectivity index (χ0v) is 16.5. The Morgan fingerprint density at radius 3 is 2.40 bits per heavy atom. The van der Waals surface area contributed by atoms with Crippen molar-refractivity contribution in [2.45, 2.75) is 13.0 Å². The third-order valence-corrected chi connectivity index (χ3v) is 5.39. The number of para-hydroxylation sites is 1. The van der Waals surface area contributed by atoms with Crippen LogP contribution in [0.3, 0.4) is 0 Å². The van der Waals surface area contributed by atoms with Gasteiger partial charge in [0.2, 0.25) is 5.91 Å². The fraction of sp³-hybridized carbons (Fsp3) is 0.350. The number of nitrogens with one attached hydrogen (secondary N) is 1. The summed E-state index contributed by atoms with van der Waals surface area (Å²) in [7, 11) is 0. The molecule has 1 aliphatic rings. The third kappa shape index (κ3) is 5.80. The minimum atomic E-state index is 0.0700. The van der Waals surface area contributed by atoms with E-state index in [1.807, 2.05) is 24.3 Å².